The highest BCUT2D eigenvalue weighted by Gasteiger charge is 2.19. The van der Waals surface area contributed by atoms with Crippen molar-refractivity contribution in [2.45, 2.75) is 53.0 Å². The highest BCUT2D eigenvalue weighted by atomic mass is 35.5. The van der Waals surface area contributed by atoms with Crippen LogP contribution in [-0.2, 0) is 6.42 Å². The van der Waals surface area contributed by atoms with E-state index in [1.54, 1.807) is 12.1 Å². The minimum absolute atomic E-state index is 0.165. The van der Waals surface area contributed by atoms with E-state index in [0.29, 0.717) is 17.0 Å². The molecule has 1 aromatic carbocycles. The summed E-state index contributed by atoms with van der Waals surface area (Å²) in [6.45, 7) is 9.73. The molecular weight excluding hydrogens is 261 g/mol. The summed E-state index contributed by atoms with van der Waals surface area (Å²) in [5.74, 6) is -0.165. The highest BCUT2D eigenvalue weighted by Crippen LogP contribution is 2.24. The average Bonchev–Trinajstić information content (AvgIpc) is 2.29. The molecular formula is C16H25ClFN. The van der Waals surface area contributed by atoms with E-state index in [2.05, 4.69) is 33.0 Å². The van der Waals surface area contributed by atoms with Gasteiger partial charge in [0.05, 0.1) is 0 Å². The van der Waals surface area contributed by atoms with Crippen LogP contribution in [0, 0.1) is 11.2 Å². The summed E-state index contributed by atoms with van der Waals surface area (Å²) in [6, 6.07) is 5.07. The summed E-state index contributed by atoms with van der Waals surface area (Å²) in [6.07, 6.45) is 2.78. The lowest BCUT2D eigenvalue weighted by atomic mass is 9.85. The second-order valence-electron chi connectivity index (χ2n) is 6.36. The smallest absolute Gasteiger partial charge is 0.126 e. The zero-order valence-corrected chi connectivity index (χ0v) is 13.1. The molecule has 0 aliphatic heterocycles. The van der Waals surface area contributed by atoms with Crippen molar-refractivity contribution in [2.24, 2.45) is 5.41 Å². The van der Waals surface area contributed by atoms with Crippen molar-refractivity contribution in [1.82, 2.24) is 5.32 Å². The van der Waals surface area contributed by atoms with Crippen molar-refractivity contribution in [1.29, 1.82) is 0 Å². The molecule has 0 bridgehead atoms. The Morgan fingerprint density at radius 3 is 2.58 bits per heavy atom. The topological polar surface area (TPSA) is 12.0 Å². The van der Waals surface area contributed by atoms with Crippen LogP contribution >= 0.6 is 11.6 Å². The summed E-state index contributed by atoms with van der Waals surface area (Å²) < 4.78 is 13.8. The van der Waals surface area contributed by atoms with Gasteiger partial charge < -0.3 is 5.32 Å². The molecule has 0 fully saturated rings. The molecule has 19 heavy (non-hydrogen) atoms. The van der Waals surface area contributed by atoms with Crippen LogP contribution in [0.25, 0.3) is 0 Å². The van der Waals surface area contributed by atoms with Crippen molar-refractivity contribution in [3.05, 3.63) is 34.6 Å². The van der Waals surface area contributed by atoms with Crippen LogP contribution in [-0.4, -0.2) is 12.6 Å². The molecule has 0 aromatic heterocycles. The first-order valence-corrected chi connectivity index (χ1v) is 7.37. The number of halogens is 2. The standard InChI is InChI=1S/C16H25ClFN/c1-5-8-19-14(11-16(2,3)4)10-12-9-13(17)6-7-15(12)18/h6-7,9,14,19H,5,8,10-11H2,1-4H3. The molecule has 0 spiro atoms. The van der Waals surface area contributed by atoms with Gasteiger partial charge in [0.1, 0.15) is 5.82 Å². The Labute approximate surface area is 121 Å². The second-order valence-corrected chi connectivity index (χ2v) is 6.79. The van der Waals surface area contributed by atoms with Gasteiger partial charge >= 0.3 is 0 Å². The molecule has 1 nitrogen and oxygen atoms in total. The van der Waals surface area contributed by atoms with Gasteiger partial charge in [0.2, 0.25) is 0 Å². The van der Waals surface area contributed by atoms with E-state index >= 15 is 0 Å². The fourth-order valence-electron chi connectivity index (χ4n) is 2.27. The maximum absolute atomic E-state index is 13.8. The molecule has 0 radical (unpaired) electrons. The predicted octanol–water partition coefficient (Wildman–Crippen LogP) is 4.83. The molecule has 1 unspecified atom stereocenters. The lowest BCUT2D eigenvalue weighted by molar-refractivity contribution is 0.305. The third-order valence-corrected chi connectivity index (χ3v) is 3.25. The zero-order valence-electron chi connectivity index (χ0n) is 12.4. The average molecular weight is 286 g/mol. The van der Waals surface area contributed by atoms with Crippen LogP contribution in [0.5, 0.6) is 0 Å². The molecule has 1 aromatic rings. The summed E-state index contributed by atoms with van der Waals surface area (Å²) in [4.78, 5) is 0. The van der Waals surface area contributed by atoms with Gasteiger partial charge in [-0.2, -0.15) is 0 Å². The van der Waals surface area contributed by atoms with Crippen molar-refractivity contribution in [2.75, 3.05) is 6.54 Å². The van der Waals surface area contributed by atoms with Crippen LogP contribution in [0.3, 0.4) is 0 Å². The van der Waals surface area contributed by atoms with Crippen LogP contribution in [0.4, 0.5) is 4.39 Å². The van der Waals surface area contributed by atoms with E-state index in [4.69, 9.17) is 11.6 Å². The molecule has 3 heteroatoms. The van der Waals surface area contributed by atoms with Gasteiger partial charge in [-0.25, -0.2) is 4.39 Å². The Balaban J connectivity index is 2.78. The third-order valence-electron chi connectivity index (χ3n) is 3.02. The molecule has 1 atom stereocenters. The van der Waals surface area contributed by atoms with Crippen molar-refractivity contribution in [3.8, 4) is 0 Å². The largest absolute Gasteiger partial charge is 0.314 e. The normalized spacial score (nSPS) is 13.6. The van der Waals surface area contributed by atoms with Crippen molar-refractivity contribution >= 4 is 11.6 Å². The van der Waals surface area contributed by atoms with E-state index in [1.165, 1.54) is 6.07 Å². The number of hydrogen-bond donors (Lipinski definition) is 1. The maximum atomic E-state index is 13.8. The Bertz CT molecular complexity index is 398. The SMILES string of the molecule is CCCNC(Cc1cc(Cl)ccc1F)CC(C)(C)C. The summed E-state index contributed by atoms with van der Waals surface area (Å²) >= 11 is 5.95. The van der Waals surface area contributed by atoms with E-state index in [1.807, 2.05) is 0 Å². The van der Waals surface area contributed by atoms with Crippen molar-refractivity contribution < 1.29 is 4.39 Å². The first-order valence-electron chi connectivity index (χ1n) is 6.99. The number of benzene rings is 1. The Morgan fingerprint density at radius 1 is 1.32 bits per heavy atom. The summed E-state index contributed by atoms with van der Waals surface area (Å²) in [7, 11) is 0. The van der Waals surface area contributed by atoms with Crippen LogP contribution < -0.4 is 5.32 Å². The minimum Gasteiger partial charge on any atom is -0.314 e. The molecule has 0 saturated heterocycles. The van der Waals surface area contributed by atoms with E-state index in [-0.39, 0.29) is 17.3 Å². The van der Waals surface area contributed by atoms with Gasteiger partial charge in [0, 0.05) is 11.1 Å². The van der Waals surface area contributed by atoms with E-state index < -0.39 is 0 Å². The fourth-order valence-corrected chi connectivity index (χ4v) is 2.46. The minimum atomic E-state index is -0.165. The van der Waals surface area contributed by atoms with Gasteiger partial charge in [-0.1, -0.05) is 39.3 Å². The lowest BCUT2D eigenvalue weighted by Crippen LogP contribution is -2.35. The van der Waals surface area contributed by atoms with Gasteiger partial charge in [-0.05, 0) is 55.0 Å². The third kappa shape index (κ3) is 6.40. The van der Waals surface area contributed by atoms with Gasteiger partial charge in [0.15, 0.2) is 0 Å². The molecule has 1 N–H and O–H groups in total. The summed E-state index contributed by atoms with van der Waals surface area (Å²) in [5.41, 5.74) is 0.922. The molecule has 1 rings (SSSR count). The van der Waals surface area contributed by atoms with E-state index in [9.17, 15) is 4.39 Å². The van der Waals surface area contributed by atoms with Crippen LogP contribution in [0.15, 0.2) is 18.2 Å². The lowest BCUT2D eigenvalue weighted by Gasteiger charge is -2.27. The Hall–Kier alpha value is -0.600. The molecule has 0 saturated carbocycles. The molecule has 0 aliphatic carbocycles. The van der Waals surface area contributed by atoms with Gasteiger partial charge in [-0.3, -0.25) is 0 Å². The number of rotatable bonds is 6. The highest BCUT2D eigenvalue weighted by molar-refractivity contribution is 6.30. The zero-order chi connectivity index (χ0) is 14.5. The molecule has 108 valence electrons. The maximum Gasteiger partial charge on any atom is 0.126 e. The number of nitrogens with one attached hydrogen (secondary N) is 1. The molecule has 0 heterocycles. The quantitative estimate of drug-likeness (QED) is 0.790. The predicted molar refractivity (Wildman–Crippen MR) is 81.3 cm³/mol. The Morgan fingerprint density at radius 2 is 2.00 bits per heavy atom. The molecule has 0 amide bonds. The van der Waals surface area contributed by atoms with Crippen LogP contribution in [0.1, 0.15) is 46.1 Å². The monoisotopic (exact) mass is 285 g/mol. The summed E-state index contributed by atoms with van der Waals surface area (Å²) in [5, 5.41) is 4.11. The second kappa shape index (κ2) is 7.25. The van der Waals surface area contributed by atoms with Gasteiger partial charge in [0.25, 0.3) is 0 Å². The first-order chi connectivity index (χ1) is 8.81. The van der Waals surface area contributed by atoms with Gasteiger partial charge in [-0.15, -0.1) is 0 Å². The Kier molecular flexibility index (Phi) is 6.28. The first kappa shape index (κ1) is 16.5. The fraction of sp³-hybridized carbons (Fsp3) is 0.625. The molecule has 0 aliphatic rings. The van der Waals surface area contributed by atoms with Crippen molar-refractivity contribution in [3.63, 3.8) is 0 Å². The van der Waals surface area contributed by atoms with E-state index in [0.717, 1.165) is 19.4 Å². The number of hydrogen-bond acceptors (Lipinski definition) is 1. The van der Waals surface area contributed by atoms with Crippen LogP contribution in [0.2, 0.25) is 5.02 Å².